The minimum atomic E-state index is -0.488. The van der Waals surface area contributed by atoms with Crippen LogP contribution < -0.4 is 5.48 Å². The first-order valence-corrected chi connectivity index (χ1v) is 6.99. The molecule has 0 radical (unpaired) electrons. The normalized spacial score (nSPS) is 16.8. The van der Waals surface area contributed by atoms with Gasteiger partial charge in [-0.05, 0) is 24.3 Å². The zero-order chi connectivity index (χ0) is 15.5. The smallest absolute Gasteiger partial charge is 0.337 e. The molecule has 1 atom stereocenters. The van der Waals surface area contributed by atoms with Gasteiger partial charge in [-0.2, -0.15) is 0 Å². The van der Waals surface area contributed by atoms with Gasteiger partial charge in [0, 0.05) is 11.1 Å². The monoisotopic (exact) mass is 316 g/mol. The summed E-state index contributed by atoms with van der Waals surface area (Å²) in [5.41, 5.74) is 4.86. The topological polar surface area (TPSA) is 59.9 Å². The molecule has 0 fully saturated rings. The van der Waals surface area contributed by atoms with Gasteiger partial charge in [0.25, 0.3) is 0 Å². The van der Waals surface area contributed by atoms with Crippen molar-refractivity contribution in [3.8, 4) is 0 Å². The van der Waals surface area contributed by atoms with Crippen molar-refractivity contribution < 1.29 is 14.4 Å². The maximum Gasteiger partial charge on any atom is 0.337 e. The number of rotatable bonds is 3. The standard InChI is InChI=1S/C16H13ClN2O3/c1-21-16(20)11-8-6-10(7-9-11)15-18-14(19-22-15)12-4-2-3-5-13(12)17/h2-9,15H,1H3,(H,18,19)/t15-/m1/s1. The SMILES string of the molecule is COC(=O)c1ccc([C@@H]2N=C(c3ccccc3Cl)NO2)cc1. The van der Waals surface area contributed by atoms with Gasteiger partial charge in [0.05, 0.1) is 17.7 Å². The predicted octanol–water partition coefficient (Wildman–Crippen LogP) is 3.11. The quantitative estimate of drug-likeness (QED) is 0.884. The highest BCUT2D eigenvalue weighted by Gasteiger charge is 2.22. The van der Waals surface area contributed by atoms with Gasteiger partial charge in [0.2, 0.25) is 6.23 Å². The Hall–Kier alpha value is -2.37. The molecule has 0 bridgehead atoms. The summed E-state index contributed by atoms with van der Waals surface area (Å²) in [5, 5.41) is 0.596. The molecule has 0 aromatic heterocycles. The van der Waals surface area contributed by atoms with Crippen LogP contribution in [0, 0.1) is 0 Å². The highest BCUT2D eigenvalue weighted by Crippen LogP contribution is 2.25. The Morgan fingerprint density at radius 2 is 1.95 bits per heavy atom. The van der Waals surface area contributed by atoms with Gasteiger partial charge in [0.15, 0.2) is 5.84 Å². The summed E-state index contributed by atoms with van der Waals surface area (Å²) in [5.74, 6) is 0.199. The molecule has 0 saturated heterocycles. The molecule has 2 aromatic rings. The second-order valence-corrected chi connectivity index (χ2v) is 5.05. The molecule has 0 spiro atoms. The Balaban J connectivity index is 1.82. The van der Waals surface area contributed by atoms with Crippen LogP contribution in [-0.4, -0.2) is 18.9 Å². The van der Waals surface area contributed by atoms with Gasteiger partial charge in [-0.25, -0.2) is 20.1 Å². The molecule has 0 unspecified atom stereocenters. The van der Waals surface area contributed by atoms with Crippen LogP contribution in [-0.2, 0) is 9.57 Å². The molecule has 6 heteroatoms. The van der Waals surface area contributed by atoms with Crippen LogP contribution in [0.15, 0.2) is 53.5 Å². The maximum atomic E-state index is 11.4. The van der Waals surface area contributed by atoms with E-state index in [2.05, 4.69) is 15.2 Å². The maximum absolute atomic E-state index is 11.4. The highest BCUT2D eigenvalue weighted by molar-refractivity contribution is 6.34. The van der Waals surface area contributed by atoms with Gasteiger partial charge >= 0.3 is 5.97 Å². The first kappa shape index (κ1) is 14.6. The lowest BCUT2D eigenvalue weighted by Gasteiger charge is -2.06. The summed E-state index contributed by atoms with van der Waals surface area (Å²) >= 11 is 6.14. The van der Waals surface area contributed by atoms with Crippen molar-refractivity contribution in [1.29, 1.82) is 0 Å². The zero-order valence-electron chi connectivity index (χ0n) is 11.7. The molecule has 2 aromatic carbocycles. The first-order valence-electron chi connectivity index (χ1n) is 6.61. The molecule has 1 aliphatic heterocycles. The third-order valence-electron chi connectivity index (χ3n) is 3.26. The average Bonchev–Trinajstić information content (AvgIpc) is 3.04. The molecule has 22 heavy (non-hydrogen) atoms. The Morgan fingerprint density at radius 3 is 2.64 bits per heavy atom. The van der Waals surface area contributed by atoms with Crippen LogP contribution in [0.5, 0.6) is 0 Å². The fraction of sp³-hybridized carbons (Fsp3) is 0.125. The summed E-state index contributed by atoms with van der Waals surface area (Å²) in [6, 6.07) is 14.3. The number of hydrogen-bond acceptors (Lipinski definition) is 5. The summed E-state index contributed by atoms with van der Waals surface area (Å²) in [4.78, 5) is 21.3. The number of amidine groups is 1. The molecule has 1 aliphatic rings. The number of carbonyl (C=O) groups excluding carboxylic acids is 1. The predicted molar refractivity (Wildman–Crippen MR) is 82.7 cm³/mol. The van der Waals surface area contributed by atoms with Crippen LogP contribution in [0.25, 0.3) is 0 Å². The van der Waals surface area contributed by atoms with Gasteiger partial charge in [-0.3, -0.25) is 0 Å². The van der Waals surface area contributed by atoms with Crippen LogP contribution in [0.4, 0.5) is 0 Å². The number of benzene rings is 2. The Labute approximate surface area is 132 Å². The van der Waals surface area contributed by atoms with Crippen molar-refractivity contribution in [3.63, 3.8) is 0 Å². The van der Waals surface area contributed by atoms with E-state index in [1.54, 1.807) is 30.3 Å². The Bertz CT molecular complexity index is 728. The van der Waals surface area contributed by atoms with Gasteiger partial charge in [-0.15, -0.1) is 0 Å². The van der Waals surface area contributed by atoms with E-state index in [9.17, 15) is 4.79 Å². The second kappa shape index (κ2) is 6.17. The summed E-state index contributed by atoms with van der Waals surface area (Å²) in [7, 11) is 1.35. The van der Waals surface area contributed by atoms with E-state index in [0.717, 1.165) is 11.1 Å². The largest absolute Gasteiger partial charge is 0.465 e. The van der Waals surface area contributed by atoms with E-state index >= 15 is 0 Å². The molecule has 0 aliphatic carbocycles. The number of aliphatic imine (C=N–C) groups is 1. The van der Waals surface area contributed by atoms with Gasteiger partial charge in [0.1, 0.15) is 0 Å². The van der Waals surface area contributed by atoms with Crippen molar-refractivity contribution >= 4 is 23.4 Å². The van der Waals surface area contributed by atoms with Crippen LogP contribution >= 0.6 is 11.6 Å². The minimum Gasteiger partial charge on any atom is -0.465 e. The molecule has 1 heterocycles. The fourth-order valence-electron chi connectivity index (χ4n) is 2.10. The van der Waals surface area contributed by atoms with Crippen molar-refractivity contribution in [2.24, 2.45) is 4.99 Å². The molecule has 1 N–H and O–H groups in total. The van der Waals surface area contributed by atoms with E-state index in [-0.39, 0.29) is 5.97 Å². The van der Waals surface area contributed by atoms with Crippen molar-refractivity contribution in [2.45, 2.75) is 6.23 Å². The minimum absolute atomic E-state index is 0.378. The van der Waals surface area contributed by atoms with E-state index in [4.69, 9.17) is 16.4 Å². The number of nitrogens with zero attached hydrogens (tertiary/aromatic N) is 1. The van der Waals surface area contributed by atoms with E-state index < -0.39 is 6.23 Å². The lowest BCUT2D eigenvalue weighted by atomic mass is 10.1. The number of ether oxygens (including phenoxy) is 1. The highest BCUT2D eigenvalue weighted by atomic mass is 35.5. The molecule has 5 nitrogen and oxygen atoms in total. The zero-order valence-corrected chi connectivity index (χ0v) is 12.5. The number of esters is 1. The van der Waals surface area contributed by atoms with Crippen molar-refractivity contribution in [3.05, 3.63) is 70.2 Å². The number of hydroxylamine groups is 1. The van der Waals surface area contributed by atoms with Crippen LogP contribution in [0.3, 0.4) is 0 Å². The summed E-state index contributed by atoms with van der Waals surface area (Å²) in [6.07, 6.45) is -0.488. The molecule has 0 amide bonds. The number of carbonyl (C=O) groups is 1. The number of halogens is 1. The number of hydrogen-bond donors (Lipinski definition) is 1. The van der Waals surface area contributed by atoms with Gasteiger partial charge < -0.3 is 4.74 Å². The lowest BCUT2D eigenvalue weighted by molar-refractivity contribution is 0.0376. The average molecular weight is 317 g/mol. The summed E-state index contributed by atoms with van der Waals surface area (Å²) < 4.78 is 4.66. The Morgan fingerprint density at radius 1 is 1.23 bits per heavy atom. The third kappa shape index (κ3) is 2.81. The first-order chi connectivity index (χ1) is 10.7. The van der Waals surface area contributed by atoms with Gasteiger partial charge in [-0.1, -0.05) is 35.9 Å². The molecular weight excluding hydrogens is 304 g/mol. The number of methoxy groups -OCH3 is 1. The molecular formula is C16H13ClN2O3. The van der Waals surface area contributed by atoms with Crippen molar-refractivity contribution in [2.75, 3.05) is 7.11 Å². The summed E-state index contributed by atoms with van der Waals surface area (Å²) in [6.45, 7) is 0. The fourth-order valence-corrected chi connectivity index (χ4v) is 2.33. The van der Waals surface area contributed by atoms with E-state index in [1.165, 1.54) is 7.11 Å². The lowest BCUT2D eigenvalue weighted by Crippen LogP contribution is -2.18. The van der Waals surface area contributed by atoms with Crippen LogP contribution in [0.1, 0.15) is 27.7 Å². The third-order valence-corrected chi connectivity index (χ3v) is 3.59. The van der Waals surface area contributed by atoms with Crippen molar-refractivity contribution in [1.82, 2.24) is 5.48 Å². The molecule has 3 rings (SSSR count). The van der Waals surface area contributed by atoms with E-state index in [0.29, 0.717) is 16.4 Å². The second-order valence-electron chi connectivity index (χ2n) is 4.64. The van der Waals surface area contributed by atoms with E-state index in [1.807, 2.05) is 18.2 Å². The molecule has 112 valence electrons. The number of nitrogens with one attached hydrogen (secondary N) is 1. The molecule has 0 saturated carbocycles. The Kier molecular flexibility index (Phi) is 4.09. The van der Waals surface area contributed by atoms with Crippen LogP contribution in [0.2, 0.25) is 5.02 Å².